The molecule has 1 amide bonds. The molecule has 0 unspecified atom stereocenters. The summed E-state index contributed by atoms with van der Waals surface area (Å²) in [5.41, 5.74) is 2.65. The van der Waals surface area contributed by atoms with E-state index in [2.05, 4.69) is 0 Å². The number of hydrogen-bond donors (Lipinski definition) is 0. The molecule has 0 aliphatic carbocycles. The zero-order chi connectivity index (χ0) is 26.5. The topological polar surface area (TPSA) is 68.3 Å². The summed E-state index contributed by atoms with van der Waals surface area (Å²) in [7, 11) is 5.52. The monoisotopic (exact) mass is 520 g/mol. The maximum Gasteiger partial charge on any atom is 0.303 e. The lowest BCUT2D eigenvalue weighted by Crippen LogP contribution is -2.45. The summed E-state index contributed by atoms with van der Waals surface area (Å²) in [5, 5.41) is -0.459. The molecule has 1 aliphatic rings. The van der Waals surface area contributed by atoms with Crippen molar-refractivity contribution in [3.63, 3.8) is 0 Å². The lowest BCUT2D eigenvalue weighted by molar-refractivity contribution is -0.152. The van der Waals surface area contributed by atoms with E-state index in [1.165, 1.54) is 18.7 Å². The number of nitrogens with zero attached hydrogens (tertiary/aromatic N) is 2. The molecule has 0 fully saturated rings. The Kier molecular flexibility index (Phi) is 8.41. The molecule has 1 aliphatic heterocycles. The predicted molar refractivity (Wildman–Crippen MR) is 146 cm³/mol. The lowest BCUT2D eigenvalue weighted by Gasteiger charge is -2.28. The van der Waals surface area contributed by atoms with Crippen LogP contribution in [0, 0.1) is 6.92 Å². The first-order chi connectivity index (χ1) is 17.8. The van der Waals surface area contributed by atoms with E-state index in [1.807, 2.05) is 92.6 Å². The Balaban J connectivity index is 1.79. The van der Waals surface area contributed by atoms with Crippen LogP contribution in [0.3, 0.4) is 0 Å². The number of thioether (sulfide) groups is 1. The van der Waals surface area contributed by atoms with E-state index in [-0.39, 0.29) is 5.91 Å². The Labute approximate surface area is 222 Å². The second-order valence-corrected chi connectivity index (χ2v) is 10.3. The first kappa shape index (κ1) is 26.6. The number of rotatable bonds is 8. The van der Waals surface area contributed by atoms with Gasteiger partial charge in [-0.05, 0) is 68.5 Å². The summed E-state index contributed by atoms with van der Waals surface area (Å²) in [4.78, 5) is 30.7. The molecule has 8 heteroatoms. The number of likely N-dealkylation sites (N-methyl/N-ethyl adjacent to an activating group) is 1. The van der Waals surface area contributed by atoms with Crippen LogP contribution in [0.25, 0.3) is 0 Å². The summed E-state index contributed by atoms with van der Waals surface area (Å²) in [5.74, 6) is 1.39. The average molecular weight is 521 g/mol. The SMILES string of the molecule is COc1ccc([C@@H]2Sc3cc(Oc4ccccc4C)ccc3N(CCN(C)C)C(=O)[C@@H]2OC(C)=O)cc1. The highest BCUT2D eigenvalue weighted by molar-refractivity contribution is 7.99. The molecule has 0 N–H and O–H groups in total. The highest BCUT2D eigenvalue weighted by Crippen LogP contribution is 2.48. The van der Waals surface area contributed by atoms with Gasteiger partial charge in [-0.3, -0.25) is 9.59 Å². The molecular formula is C29H32N2O5S. The number of carbonyl (C=O) groups excluding carboxylic acids is 2. The van der Waals surface area contributed by atoms with Gasteiger partial charge >= 0.3 is 5.97 Å². The number of hydrogen-bond acceptors (Lipinski definition) is 7. The van der Waals surface area contributed by atoms with E-state index < -0.39 is 17.3 Å². The molecule has 194 valence electrons. The number of methoxy groups -OCH3 is 1. The van der Waals surface area contributed by atoms with Crippen LogP contribution in [0.15, 0.2) is 71.6 Å². The van der Waals surface area contributed by atoms with Crippen LogP contribution in [0.2, 0.25) is 0 Å². The fourth-order valence-electron chi connectivity index (χ4n) is 4.13. The van der Waals surface area contributed by atoms with E-state index >= 15 is 0 Å². The van der Waals surface area contributed by atoms with Crippen molar-refractivity contribution in [1.82, 2.24) is 4.90 Å². The van der Waals surface area contributed by atoms with Gasteiger partial charge in [0.2, 0.25) is 0 Å². The summed E-state index contributed by atoms with van der Waals surface area (Å²) in [6.07, 6.45) is -0.994. The lowest BCUT2D eigenvalue weighted by atomic mass is 10.1. The number of aryl methyl sites for hydroxylation is 1. The number of anilines is 1. The third kappa shape index (κ3) is 6.26. The summed E-state index contributed by atoms with van der Waals surface area (Å²) < 4.78 is 17.2. The normalized spacial score (nSPS) is 17.2. The Bertz CT molecular complexity index is 1260. The zero-order valence-electron chi connectivity index (χ0n) is 21.8. The van der Waals surface area contributed by atoms with E-state index in [0.717, 1.165) is 27.5 Å². The standard InChI is InChI=1S/C29H32N2O5S/c1-19-8-6-7-9-25(19)36-23-14-15-24-26(18-23)37-28(21-10-12-22(34-5)13-11-21)27(35-20(2)32)29(33)31(24)17-16-30(3)4/h6-15,18,27-28H,16-17H2,1-5H3/t27-,28+/m1/s1. The van der Waals surface area contributed by atoms with Gasteiger partial charge in [-0.1, -0.05) is 30.3 Å². The molecule has 37 heavy (non-hydrogen) atoms. The minimum absolute atomic E-state index is 0.253. The molecule has 7 nitrogen and oxygen atoms in total. The van der Waals surface area contributed by atoms with Crippen molar-refractivity contribution >= 4 is 29.3 Å². The fraction of sp³-hybridized carbons (Fsp3) is 0.310. The predicted octanol–water partition coefficient (Wildman–Crippen LogP) is 5.47. The summed E-state index contributed by atoms with van der Waals surface area (Å²) in [6, 6.07) is 21.1. The maximum absolute atomic E-state index is 13.9. The number of amides is 1. The zero-order valence-corrected chi connectivity index (χ0v) is 22.6. The maximum atomic E-state index is 13.9. The van der Waals surface area contributed by atoms with E-state index in [4.69, 9.17) is 14.2 Å². The Morgan fingerprint density at radius 2 is 1.73 bits per heavy atom. The van der Waals surface area contributed by atoms with E-state index in [0.29, 0.717) is 24.6 Å². The molecule has 0 spiro atoms. The van der Waals surface area contributed by atoms with Gasteiger partial charge in [0, 0.05) is 24.9 Å². The van der Waals surface area contributed by atoms with Crippen LogP contribution >= 0.6 is 11.8 Å². The first-order valence-electron chi connectivity index (χ1n) is 12.1. The van der Waals surface area contributed by atoms with Crippen molar-refractivity contribution in [2.45, 2.75) is 30.1 Å². The second-order valence-electron chi connectivity index (χ2n) is 9.13. The highest BCUT2D eigenvalue weighted by atomic mass is 32.2. The highest BCUT2D eigenvalue weighted by Gasteiger charge is 2.41. The minimum atomic E-state index is -0.994. The Morgan fingerprint density at radius 3 is 2.38 bits per heavy atom. The molecule has 0 radical (unpaired) electrons. The number of ether oxygens (including phenoxy) is 3. The van der Waals surface area contributed by atoms with E-state index in [1.54, 1.807) is 12.0 Å². The van der Waals surface area contributed by atoms with Gasteiger partial charge in [-0.15, -0.1) is 11.8 Å². The summed E-state index contributed by atoms with van der Waals surface area (Å²) >= 11 is 1.49. The summed E-state index contributed by atoms with van der Waals surface area (Å²) in [6.45, 7) is 4.43. The van der Waals surface area contributed by atoms with Crippen LogP contribution in [-0.2, 0) is 14.3 Å². The Morgan fingerprint density at radius 1 is 1.03 bits per heavy atom. The molecule has 1 heterocycles. The Hall–Kier alpha value is -3.49. The number of para-hydroxylation sites is 1. The van der Waals surface area contributed by atoms with Gasteiger partial charge in [0.1, 0.15) is 17.2 Å². The largest absolute Gasteiger partial charge is 0.497 e. The van der Waals surface area contributed by atoms with Gasteiger partial charge in [-0.2, -0.15) is 0 Å². The molecule has 4 rings (SSSR count). The van der Waals surface area contributed by atoms with Crippen LogP contribution in [-0.4, -0.2) is 57.2 Å². The van der Waals surface area contributed by atoms with Gasteiger partial charge in [-0.25, -0.2) is 0 Å². The third-order valence-electron chi connectivity index (χ3n) is 6.09. The van der Waals surface area contributed by atoms with Crippen molar-refractivity contribution in [2.75, 3.05) is 39.2 Å². The minimum Gasteiger partial charge on any atom is -0.497 e. The van der Waals surface area contributed by atoms with Gasteiger partial charge in [0.05, 0.1) is 18.0 Å². The second kappa shape index (κ2) is 11.7. The van der Waals surface area contributed by atoms with Gasteiger partial charge in [0.25, 0.3) is 5.91 Å². The van der Waals surface area contributed by atoms with Crippen LogP contribution in [0.5, 0.6) is 17.2 Å². The van der Waals surface area contributed by atoms with Crippen LogP contribution < -0.4 is 14.4 Å². The molecule has 0 aromatic heterocycles. The molecule has 0 bridgehead atoms. The molecular weight excluding hydrogens is 488 g/mol. The molecule has 0 saturated heterocycles. The van der Waals surface area contributed by atoms with Crippen LogP contribution in [0.4, 0.5) is 5.69 Å². The van der Waals surface area contributed by atoms with E-state index in [9.17, 15) is 9.59 Å². The van der Waals surface area contributed by atoms with Gasteiger partial charge < -0.3 is 24.0 Å². The smallest absolute Gasteiger partial charge is 0.303 e. The van der Waals surface area contributed by atoms with Crippen molar-refractivity contribution in [1.29, 1.82) is 0 Å². The number of esters is 1. The quantitative estimate of drug-likeness (QED) is 0.365. The van der Waals surface area contributed by atoms with Crippen molar-refractivity contribution < 1.29 is 23.8 Å². The van der Waals surface area contributed by atoms with Crippen molar-refractivity contribution in [3.05, 3.63) is 77.9 Å². The number of fused-ring (bicyclic) bond motifs is 1. The van der Waals surface area contributed by atoms with Crippen molar-refractivity contribution in [3.8, 4) is 17.2 Å². The molecule has 0 saturated carbocycles. The number of benzene rings is 3. The molecule has 2 atom stereocenters. The third-order valence-corrected chi connectivity index (χ3v) is 7.44. The molecule has 3 aromatic rings. The first-order valence-corrected chi connectivity index (χ1v) is 13.0. The molecule has 3 aromatic carbocycles. The van der Waals surface area contributed by atoms with Crippen molar-refractivity contribution in [2.24, 2.45) is 0 Å². The average Bonchev–Trinajstić information content (AvgIpc) is 2.98. The van der Waals surface area contributed by atoms with Crippen LogP contribution in [0.1, 0.15) is 23.3 Å². The number of carbonyl (C=O) groups is 2. The fourth-order valence-corrected chi connectivity index (χ4v) is 5.48. The van der Waals surface area contributed by atoms with Gasteiger partial charge in [0.15, 0.2) is 6.10 Å².